The zero-order valence-electron chi connectivity index (χ0n) is 16.5. The summed E-state index contributed by atoms with van der Waals surface area (Å²) in [5.41, 5.74) is 1.91. The van der Waals surface area contributed by atoms with E-state index in [0.717, 1.165) is 18.4 Å². The molecule has 152 valence electrons. The van der Waals surface area contributed by atoms with Crippen molar-refractivity contribution in [1.29, 1.82) is 0 Å². The Morgan fingerprint density at radius 1 is 0.966 bits per heavy atom. The van der Waals surface area contributed by atoms with Crippen LogP contribution >= 0.6 is 0 Å². The number of unbranched alkanes of at least 4 members (excludes halogenated alkanes) is 1. The van der Waals surface area contributed by atoms with Crippen LogP contribution in [0.5, 0.6) is 0 Å². The Morgan fingerprint density at radius 2 is 1.66 bits per heavy atom. The average molecular weight is 400 g/mol. The highest BCUT2D eigenvalue weighted by molar-refractivity contribution is 5.52. The molecule has 2 aromatic rings. The number of hydrogen-bond acceptors (Lipinski definition) is 0. The van der Waals surface area contributed by atoms with Gasteiger partial charge in [-0.1, -0.05) is 55.5 Å². The maximum atomic E-state index is 14.5. The highest BCUT2D eigenvalue weighted by Crippen LogP contribution is 2.41. The summed E-state index contributed by atoms with van der Waals surface area (Å²) >= 11 is 0. The summed E-state index contributed by atoms with van der Waals surface area (Å²) in [6.45, 7) is 2.12. The van der Waals surface area contributed by atoms with Gasteiger partial charge in [0.05, 0.1) is 5.56 Å². The van der Waals surface area contributed by atoms with Crippen molar-refractivity contribution in [2.75, 3.05) is 0 Å². The van der Waals surface area contributed by atoms with Gasteiger partial charge < -0.3 is 0 Å². The van der Waals surface area contributed by atoms with Crippen LogP contribution in [0.1, 0.15) is 73.6 Å². The normalized spacial score (nSPS) is 16.6. The van der Waals surface area contributed by atoms with Gasteiger partial charge in [-0.3, -0.25) is 0 Å². The largest absolute Gasteiger partial charge is 0.248 e. The maximum absolute atomic E-state index is 14.5. The molecule has 1 fully saturated rings. The predicted octanol–water partition coefficient (Wildman–Crippen LogP) is 7.47. The fourth-order valence-corrected chi connectivity index (χ4v) is 3.53. The first-order valence-electron chi connectivity index (χ1n) is 10.0. The van der Waals surface area contributed by atoms with Crippen LogP contribution in [0, 0.1) is 23.5 Å². The van der Waals surface area contributed by atoms with Gasteiger partial charge in [0.25, 0.3) is 0 Å². The van der Waals surface area contributed by atoms with Crippen LogP contribution in [0.3, 0.4) is 0 Å². The highest BCUT2D eigenvalue weighted by atomic mass is 19.3. The van der Waals surface area contributed by atoms with E-state index >= 15 is 0 Å². The maximum Gasteiger partial charge on any atom is 0.248 e. The van der Waals surface area contributed by atoms with E-state index < -0.39 is 17.6 Å². The predicted molar refractivity (Wildman–Crippen MR) is 109 cm³/mol. The third-order valence-electron chi connectivity index (χ3n) is 5.29. The van der Waals surface area contributed by atoms with Crippen molar-refractivity contribution in [3.63, 3.8) is 0 Å². The van der Waals surface area contributed by atoms with Crippen LogP contribution in [-0.2, 0) is 0 Å². The molecule has 1 aliphatic carbocycles. The van der Waals surface area contributed by atoms with Gasteiger partial charge in [-0.2, -0.15) is 0 Å². The number of hydrogen-bond donors (Lipinski definition) is 0. The Hall–Kier alpha value is -2.54. The molecule has 0 bridgehead atoms. The average Bonchev–Trinajstić information content (AvgIpc) is 2.71. The second-order valence-electron chi connectivity index (χ2n) is 7.52. The number of halogens is 4. The lowest BCUT2D eigenvalue weighted by Crippen LogP contribution is -2.24. The Balaban J connectivity index is 1.74. The lowest BCUT2D eigenvalue weighted by atomic mass is 9.82. The summed E-state index contributed by atoms with van der Waals surface area (Å²) in [4.78, 5) is 0. The molecule has 0 N–H and O–H groups in total. The molecule has 4 heteroatoms. The molecule has 0 aliphatic heterocycles. The van der Waals surface area contributed by atoms with Crippen molar-refractivity contribution in [3.8, 4) is 11.8 Å². The van der Waals surface area contributed by atoms with Crippen LogP contribution in [0.4, 0.5) is 17.6 Å². The fraction of sp³-hybridized carbons (Fsp3) is 0.360. The van der Waals surface area contributed by atoms with Gasteiger partial charge in [0.2, 0.25) is 5.92 Å². The van der Waals surface area contributed by atoms with E-state index in [9.17, 15) is 17.6 Å². The zero-order chi connectivity index (χ0) is 20.9. The molecule has 29 heavy (non-hydrogen) atoms. The van der Waals surface area contributed by atoms with Crippen molar-refractivity contribution < 1.29 is 17.6 Å². The molecule has 0 saturated heterocycles. The standard InChI is InChI=1S/C25H24F4/c1-2-3-4-5-18-6-8-19(9-7-18)10-11-21-12-13-22(24(27)23(21)26)20-14-16-25(28,29)17-15-20/h4-9,12-13,20H,2-3,14-17H2,1H3/b5-4+. The molecular weight excluding hydrogens is 376 g/mol. The van der Waals surface area contributed by atoms with Crippen LogP contribution in [0.2, 0.25) is 0 Å². The third kappa shape index (κ3) is 5.50. The summed E-state index contributed by atoms with van der Waals surface area (Å²) in [7, 11) is 0. The Kier molecular flexibility index (Phi) is 6.79. The third-order valence-corrected chi connectivity index (χ3v) is 5.29. The molecule has 0 atom stereocenters. The molecule has 3 rings (SSSR count). The van der Waals surface area contributed by atoms with Gasteiger partial charge in [-0.05, 0) is 54.5 Å². The molecule has 0 radical (unpaired) electrons. The molecule has 1 saturated carbocycles. The van der Waals surface area contributed by atoms with Gasteiger partial charge in [-0.15, -0.1) is 0 Å². The summed E-state index contributed by atoms with van der Waals surface area (Å²) in [5, 5.41) is 0. The molecule has 0 heterocycles. The fourth-order valence-electron chi connectivity index (χ4n) is 3.53. The Bertz CT molecular complexity index is 920. The first-order valence-corrected chi connectivity index (χ1v) is 10.0. The molecule has 0 aromatic heterocycles. The number of benzene rings is 2. The SMILES string of the molecule is CCC/C=C/c1ccc(C#Cc2ccc(C3CCC(F)(F)CC3)c(F)c2F)cc1. The van der Waals surface area contributed by atoms with Crippen LogP contribution in [-0.4, -0.2) is 5.92 Å². The van der Waals surface area contributed by atoms with Crippen LogP contribution in [0.15, 0.2) is 42.5 Å². The van der Waals surface area contributed by atoms with E-state index in [1.807, 2.05) is 30.3 Å². The first-order chi connectivity index (χ1) is 13.9. The number of allylic oxidation sites excluding steroid dienone is 1. The van der Waals surface area contributed by atoms with E-state index in [0.29, 0.717) is 5.56 Å². The van der Waals surface area contributed by atoms with E-state index in [4.69, 9.17) is 0 Å². The molecule has 0 unspecified atom stereocenters. The number of alkyl halides is 2. The summed E-state index contributed by atoms with van der Waals surface area (Å²) < 4.78 is 55.6. The summed E-state index contributed by atoms with van der Waals surface area (Å²) in [6.07, 6.45) is 6.00. The first kappa shape index (κ1) is 21.2. The lowest BCUT2D eigenvalue weighted by Gasteiger charge is -2.28. The minimum atomic E-state index is -2.70. The molecule has 1 aliphatic rings. The van der Waals surface area contributed by atoms with Crippen LogP contribution in [0.25, 0.3) is 6.08 Å². The van der Waals surface area contributed by atoms with E-state index in [1.165, 1.54) is 12.1 Å². The van der Waals surface area contributed by atoms with E-state index in [-0.39, 0.29) is 42.7 Å². The lowest BCUT2D eigenvalue weighted by molar-refractivity contribution is -0.0384. The molecular formula is C25H24F4. The topological polar surface area (TPSA) is 0 Å². The van der Waals surface area contributed by atoms with Gasteiger partial charge >= 0.3 is 0 Å². The molecule has 2 aromatic carbocycles. The minimum Gasteiger partial charge on any atom is -0.207 e. The second-order valence-corrected chi connectivity index (χ2v) is 7.52. The van der Waals surface area contributed by atoms with Crippen molar-refractivity contribution in [3.05, 3.63) is 76.4 Å². The molecule has 0 nitrogen and oxygen atoms in total. The Morgan fingerprint density at radius 3 is 2.31 bits per heavy atom. The zero-order valence-corrected chi connectivity index (χ0v) is 16.5. The van der Waals surface area contributed by atoms with E-state index in [2.05, 4.69) is 24.8 Å². The quantitative estimate of drug-likeness (QED) is 0.369. The second kappa shape index (κ2) is 9.31. The van der Waals surface area contributed by atoms with Gasteiger partial charge in [0, 0.05) is 18.4 Å². The number of rotatable bonds is 4. The molecule has 0 amide bonds. The monoisotopic (exact) mass is 400 g/mol. The van der Waals surface area contributed by atoms with Crippen molar-refractivity contribution in [1.82, 2.24) is 0 Å². The summed E-state index contributed by atoms with van der Waals surface area (Å²) in [6, 6.07) is 10.4. The van der Waals surface area contributed by atoms with Gasteiger partial charge in [0.15, 0.2) is 11.6 Å². The van der Waals surface area contributed by atoms with Gasteiger partial charge in [-0.25, -0.2) is 17.6 Å². The molecule has 0 spiro atoms. The van der Waals surface area contributed by atoms with E-state index in [1.54, 1.807) is 0 Å². The van der Waals surface area contributed by atoms with Gasteiger partial charge in [0.1, 0.15) is 0 Å². The Labute approximate surface area is 169 Å². The highest BCUT2D eigenvalue weighted by Gasteiger charge is 2.36. The van der Waals surface area contributed by atoms with Crippen molar-refractivity contribution in [2.45, 2.75) is 57.3 Å². The van der Waals surface area contributed by atoms with Crippen LogP contribution < -0.4 is 0 Å². The van der Waals surface area contributed by atoms with Crippen molar-refractivity contribution >= 4 is 6.08 Å². The summed E-state index contributed by atoms with van der Waals surface area (Å²) in [5.74, 6) is 0.487. The van der Waals surface area contributed by atoms with Crippen molar-refractivity contribution in [2.24, 2.45) is 0 Å². The minimum absolute atomic E-state index is 0.0284. The smallest absolute Gasteiger partial charge is 0.207 e.